The topological polar surface area (TPSA) is 162 Å². The number of pyridine rings is 1. The van der Waals surface area contributed by atoms with Gasteiger partial charge in [0, 0.05) is 75.9 Å². The summed E-state index contributed by atoms with van der Waals surface area (Å²) in [4.78, 5) is 54.8. The van der Waals surface area contributed by atoms with Gasteiger partial charge in [0.2, 0.25) is 5.95 Å². The number of aromatic nitrogens is 7. The van der Waals surface area contributed by atoms with E-state index in [1.165, 1.54) is 6.20 Å². The second-order valence-corrected chi connectivity index (χ2v) is 13.6. The summed E-state index contributed by atoms with van der Waals surface area (Å²) in [6, 6.07) is 13.9. The van der Waals surface area contributed by atoms with Gasteiger partial charge in [-0.15, -0.1) is 0 Å². The minimum absolute atomic E-state index is 0.0288. The fourth-order valence-electron chi connectivity index (χ4n) is 7.35. The van der Waals surface area contributed by atoms with E-state index in [9.17, 15) is 9.59 Å². The standard InChI is InChI=1S/C37H41N13O2/c1-22-15-32(42-23(2)41-22)45-37-39-16-28(35(51)38-3)34(46-37)44-29-11-8-10-26-27-17-40-50(31(27)21-47(4)33(26)29)25-19-48(20-25)18-24-9-7-12-30(43-24)36(52)49-13-5-6-14-49/h7-12,15-17,25H,5-6,13-14,18-21H2,1-4H3,(H,38,51)(H2,39,41,42,44,45,46). The van der Waals surface area contributed by atoms with Gasteiger partial charge in [-0.25, -0.2) is 19.9 Å². The van der Waals surface area contributed by atoms with Crippen molar-refractivity contribution < 1.29 is 9.59 Å². The number of hydrogen-bond donors (Lipinski definition) is 3. The number of likely N-dealkylation sites (tertiary alicyclic amines) is 2. The lowest BCUT2D eigenvalue weighted by atomic mass is 9.97. The number of fused-ring (bicyclic) bond motifs is 3. The number of para-hydroxylation sites is 1. The van der Waals surface area contributed by atoms with Crippen molar-refractivity contribution in [3.63, 3.8) is 0 Å². The summed E-state index contributed by atoms with van der Waals surface area (Å²) in [5.41, 5.74) is 7.62. The van der Waals surface area contributed by atoms with Crippen molar-refractivity contribution in [1.29, 1.82) is 0 Å². The second-order valence-electron chi connectivity index (χ2n) is 13.6. The molecule has 8 rings (SSSR count). The Kier molecular flexibility index (Phi) is 8.71. The molecule has 15 heteroatoms. The van der Waals surface area contributed by atoms with Crippen molar-refractivity contribution in [3.05, 3.63) is 89.0 Å². The highest BCUT2D eigenvalue weighted by atomic mass is 16.2. The SMILES string of the molecule is CNC(=O)c1cnc(Nc2cc(C)nc(C)n2)nc1Nc1cccc2c1N(C)Cc1c-2cnn1C1CN(Cc2cccc(C(=O)N3CCCC3)n2)C1. The number of nitrogens with one attached hydrogen (secondary N) is 3. The Morgan fingerprint density at radius 3 is 2.52 bits per heavy atom. The van der Waals surface area contributed by atoms with Gasteiger partial charge in [0.25, 0.3) is 11.8 Å². The predicted octanol–water partition coefficient (Wildman–Crippen LogP) is 4.23. The van der Waals surface area contributed by atoms with Crippen LogP contribution in [-0.2, 0) is 13.1 Å². The third kappa shape index (κ3) is 6.38. The Hall–Kier alpha value is -5.96. The Bertz CT molecular complexity index is 2150. The molecular weight excluding hydrogens is 658 g/mol. The van der Waals surface area contributed by atoms with E-state index < -0.39 is 0 Å². The highest BCUT2D eigenvalue weighted by Crippen LogP contribution is 2.44. The normalized spacial score (nSPS) is 15.5. The second kappa shape index (κ2) is 13.6. The van der Waals surface area contributed by atoms with Crippen molar-refractivity contribution in [3.8, 4) is 11.1 Å². The number of amides is 2. The first-order valence-corrected chi connectivity index (χ1v) is 17.6. The largest absolute Gasteiger partial charge is 0.366 e. The van der Waals surface area contributed by atoms with Crippen LogP contribution in [-0.4, -0.2) is 96.6 Å². The van der Waals surface area contributed by atoms with Crippen LogP contribution in [0.1, 0.15) is 62.6 Å². The molecule has 0 atom stereocenters. The molecule has 3 N–H and O–H groups in total. The Morgan fingerprint density at radius 1 is 0.923 bits per heavy atom. The summed E-state index contributed by atoms with van der Waals surface area (Å²) in [7, 11) is 3.64. The zero-order valence-corrected chi connectivity index (χ0v) is 29.7. The maximum absolute atomic E-state index is 12.9. The van der Waals surface area contributed by atoms with E-state index in [1.807, 2.05) is 61.3 Å². The van der Waals surface area contributed by atoms with Gasteiger partial charge in [0.05, 0.1) is 41.5 Å². The Balaban J connectivity index is 1.00. The number of anilines is 5. The smallest absolute Gasteiger partial charge is 0.272 e. The van der Waals surface area contributed by atoms with Gasteiger partial charge in [-0.2, -0.15) is 10.1 Å². The number of benzene rings is 1. The molecule has 0 radical (unpaired) electrons. The van der Waals surface area contributed by atoms with Gasteiger partial charge in [-0.05, 0) is 44.9 Å². The average molecular weight is 700 g/mol. The molecule has 52 heavy (non-hydrogen) atoms. The zero-order valence-electron chi connectivity index (χ0n) is 29.7. The molecule has 3 aliphatic rings. The molecule has 2 amide bonds. The molecule has 4 aromatic heterocycles. The molecule has 3 aliphatic heterocycles. The van der Waals surface area contributed by atoms with Crippen LogP contribution in [0, 0.1) is 13.8 Å². The molecule has 7 heterocycles. The van der Waals surface area contributed by atoms with E-state index in [-0.39, 0.29) is 17.9 Å². The van der Waals surface area contributed by atoms with Gasteiger partial charge in [0.1, 0.15) is 28.7 Å². The van der Waals surface area contributed by atoms with Gasteiger partial charge in [-0.1, -0.05) is 18.2 Å². The summed E-state index contributed by atoms with van der Waals surface area (Å²) in [6.07, 6.45) is 5.58. The van der Waals surface area contributed by atoms with Crippen LogP contribution in [0.2, 0.25) is 0 Å². The maximum atomic E-state index is 12.9. The highest BCUT2D eigenvalue weighted by molar-refractivity contribution is 6.00. The monoisotopic (exact) mass is 699 g/mol. The lowest BCUT2D eigenvalue weighted by Gasteiger charge is -2.40. The summed E-state index contributed by atoms with van der Waals surface area (Å²) in [5.74, 6) is 1.57. The van der Waals surface area contributed by atoms with Gasteiger partial charge in [-0.3, -0.25) is 19.2 Å². The van der Waals surface area contributed by atoms with Gasteiger partial charge < -0.3 is 25.8 Å². The van der Waals surface area contributed by atoms with Crippen molar-refractivity contribution in [1.82, 2.24) is 49.8 Å². The fraction of sp³-hybridized carbons (Fsp3) is 0.351. The number of carbonyl (C=O) groups is 2. The van der Waals surface area contributed by atoms with Crippen molar-refractivity contribution in [2.45, 2.75) is 45.8 Å². The third-order valence-corrected chi connectivity index (χ3v) is 9.80. The third-order valence-electron chi connectivity index (χ3n) is 9.80. The molecule has 0 aliphatic carbocycles. The number of nitrogens with zero attached hydrogens (tertiary/aromatic N) is 10. The first kappa shape index (κ1) is 33.2. The molecular formula is C37H41N13O2. The molecule has 2 saturated heterocycles. The van der Waals surface area contributed by atoms with Crippen molar-refractivity contribution >= 4 is 40.8 Å². The van der Waals surface area contributed by atoms with E-state index in [0.29, 0.717) is 47.8 Å². The van der Waals surface area contributed by atoms with E-state index in [0.717, 1.165) is 78.6 Å². The van der Waals surface area contributed by atoms with Crippen LogP contribution in [0.25, 0.3) is 11.1 Å². The van der Waals surface area contributed by atoms with E-state index in [4.69, 9.17) is 15.1 Å². The molecule has 15 nitrogen and oxygen atoms in total. The van der Waals surface area contributed by atoms with Crippen molar-refractivity contribution in [2.75, 3.05) is 55.8 Å². The molecule has 0 unspecified atom stereocenters. The van der Waals surface area contributed by atoms with E-state index in [1.54, 1.807) is 7.05 Å². The molecule has 0 saturated carbocycles. The van der Waals surface area contributed by atoms with Crippen LogP contribution in [0.15, 0.2) is 54.9 Å². The van der Waals surface area contributed by atoms with Crippen LogP contribution in [0.4, 0.5) is 29.0 Å². The quantitative estimate of drug-likeness (QED) is 0.201. The minimum atomic E-state index is -0.307. The average Bonchev–Trinajstić information content (AvgIpc) is 3.80. The summed E-state index contributed by atoms with van der Waals surface area (Å²) in [5, 5.41) is 14.2. The lowest BCUT2D eigenvalue weighted by molar-refractivity contribution is 0.0781. The highest BCUT2D eigenvalue weighted by Gasteiger charge is 2.34. The van der Waals surface area contributed by atoms with Crippen molar-refractivity contribution in [2.24, 2.45) is 0 Å². The molecule has 266 valence electrons. The minimum Gasteiger partial charge on any atom is -0.366 e. The Labute approximate surface area is 301 Å². The van der Waals surface area contributed by atoms with Crippen LogP contribution >= 0.6 is 0 Å². The first-order chi connectivity index (χ1) is 25.2. The van der Waals surface area contributed by atoms with Gasteiger partial charge >= 0.3 is 0 Å². The predicted molar refractivity (Wildman–Crippen MR) is 197 cm³/mol. The lowest BCUT2D eigenvalue weighted by Crippen LogP contribution is -2.48. The number of rotatable bonds is 9. The van der Waals surface area contributed by atoms with Crippen LogP contribution < -0.4 is 20.9 Å². The number of carbonyl (C=O) groups excluding carboxylic acids is 2. The Morgan fingerprint density at radius 2 is 1.73 bits per heavy atom. The van der Waals surface area contributed by atoms with Gasteiger partial charge in [0.15, 0.2) is 0 Å². The number of hydrogen-bond acceptors (Lipinski definition) is 12. The molecule has 5 aromatic rings. The number of aryl methyl sites for hydroxylation is 2. The maximum Gasteiger partial charge on any atom is 0.272 e. The first-order valence-electron chi connectivity index (χ1n) is 17.6. The zero-order chi connectivity index (χ0) is 35.9. The molecule has 2 fully saturated rings. The van der Waals surface area contributed by atoms with Crippen LogP contribution in [0.3, 0.4) is 0 Å². The fourth-order valence-corrected chi connectivity index (χ4v) is 7.35. The summed E-state index contributed by atoms with van der Waals surface area (Å²) in [6.45, 7) is 8.39. The molecule has 0 bridgehead atoms. The molecule has 0 spiro atoms. The van der Waals surface area contributed by atoms with Crippen LogP contribution in [0.5, 0.6) is 0 Å². The summed E-state index contributed by atoms with van der Waals surface area (Å²) < 4.78 is 2.16. The van der Waals surface area contributed by atoms with E-state index >= 15 is 0 Å². The summed E-state index contributed by atoms with van der Waals surface area (Å²) >= 11 is 0. The molecule has 1 aromatic carbocycles. The van der Waals surface area contributed by atoms with E-state index in [2.05, 4.69) is 58.5 Å².